The predicted octanol–water partition coefficient (Wildman–Crippen LogP) is 1.70. The van der Waals surface area contributed by atoms with E-state index in [2.05, 4.69) is 10.3 Å². The Morgan fingerprint density at radius 1 is 1.46 bits per heavy atom. The largest absolute Gasteiger partial charge is 0.384 e. The summed E-state index contributed by atoms with van der Waals surface area (Å²) in [6.45, 7) is 3.46. The summed E-state index contributed by atoms with van der Waals surface area (Å²) in [5.41, 5.74) is 0.394. The van der Waals surface area contributed by atoms with Crippen LogP contribution in [0.3, 0.4) is 0 Å². The summed E-state index contributed by atoms with van der Waals surface area (Å²) < 4.78 is 1.35. The lowest BCUT2D eigenvalue weighted by Gasteiger charge is -2.22. The van der Waals surface area contributed by atoms with Crippen LogP contribution >= 0.6 is 11.3 Å². The zero-order chi connectivity index (χ0) is 17.3. The van der Waals surface area contributed by atoms with E-state index < -0.39 is 17.1 Å². The van der Waals surface area contributed by atoms with E-state index in [1.54, 1.807) is 25.3 Å². The predicted molar refractivity (Wildman–Crippen MR) is 92.4 cm³/mol. The van der Waals surface area contributed by atoms with E-state index in [1.165, 1.54) is 21.9 Å². The topological polar surface area (TPSA) is 83.7 Å². The maximum atomic E-state index is 12.5. The van der Waals surface area contributed by atoms with Gasteiger partial charge in [0.1, 0.15) is 16.8 Å². The van der Waals surface area contributed by atoms with Gasteiger partial charge in [0.15, 0.2) is 0 Å². The van der Waals surface area contributed by atoms with Crippen molar-refractivity contribution in [3.05, 3.63) is 68.4 Å². The van der Waals surface area contributed by atoms with Gasteiger partial charge in [-0.05, 0) is 47.9 Å². The number of rotatable bonds is 4. The van der Waals surface area contributed by atoms with Crippen LogP contribution in [0.2, 0.25) is 0 Å². The molecular formula is C17H17N3O3S. The van der Waals surface area contributed by atoms with Crippen molar-refractivity contribution in [2.24, 2.45) is 0 Å². The second-order valence-electron chi connectivity index (χ2n) is 5.83. The maximum Gasteiger partial charge on any atom is 0.270 e. The minimum absolute atomic E-state index is 0.00146. The molecule has 0 saturated heterocycles. The van der Waals surface area contributed by atoms with Gasteiger partial charge in [-0.3, -0.25) is 14.0 Å². The number of amides is 1. The lowest BCUT2D eigenvalue weighted by atomic mass is 9.99. The summed E-state index contributed by atoms with van der Waals surface area (Å²) >= 11 is 1.47. The van der Waals surface area contributed by atoms with Crippen molar-refractivity contribution in [2.75, 3.05) is 6.54 Å². The normalized spacial score (nSPS) is 13.6. The summed E-state index contributed by atoms with van der Waals surface area (Å²) in [5.74, 6) is -0.557. The first-order valence-corrected chi connectivity index (χ1v) is 8.35. The van der Waals surface area contributed by atoms with Gasteiger partial charge < -0.3 is 10.4 Å². The molecule has 1 atom stereocenters. The van der Waals surface area contributed by atoms with E-state index in [-0.39, 0.29) is 12.1 Å². The number of nitrogens with zero attached hydrogens (tertiary/aromatic N) is 2. The minimum atomic E-state index is -1.20. The number of aromatic nitrogens is 2. The third-order valence-electron chi connectivity index (χ3n) is 3.91. The smallest absolute Gasteiger partial charge is 0.270 e. The zero-order valence-electron chi connectivity index (χ0n) is 13.3. The molecule has 0 radical (unpaired) electrons. The first-order chi connectivity index (χ1) is 11.4. The lowest BCUT2D eigenvalue weighted by molar-refractivity contribution is 0.0529. The van der Waals surface area contributed by atoms with Crippen molar-refractivity contribution in [1.82, 2.24) is 14.7 Å². The molecule has 3 heterocycles. The van der Waals surface area contributed by atoms with Gasteiger partial charge in [0.2, 0.25) is 0 Å². The van der Waals surface area contributed by atoms with E-state index in [1.807, 2.05) is 23.8 Å². The zero-order valence-corrected chi connectivity index (χ0v) is 14.1. The second kappa shape index (κ2) is 6.18. The van der Waals surface area contributed by atoms with Crippen LogP contribution in [0.4, 0.5) is 0 Å². The number of carbonyl (C=O) groups excluding carboxylic acids is 1. The van der Waals surface area contributed by atoms with E-state index in [0.717, 1.165) is 11.1 Å². The average molecular weight is 343 g/mol. The van der Waals surface area contributed by atoms with Gasteiger partial charge in [-0.1, -0.05) is 6.07 Å². The number of fused-ring (bicyclic) bond motifs is 1. The maximum absolute atomic E-state index is 12.5. The van der Waals surface area contributed by atoms with Crippen molar-refractivity contribution in [3.63, 3.8) is 0 Å². The molecule has 24 heavy (non-hydrogen) atoms. The highest BCUT2D eigenvalue weighted by atomic mass is 32.1. The summed E-state index contributed by atoms with van der Waals surface area (Å²) in [5, 5.41) is 16.7. The Kier molecular flexibility index (Phi) is 4.21. The molecule has 0 aliphatic rings. The molecular weight excluding hydrogens is 326 g/mol. The first-order valence-electron chi connectivity index (χ1n) is 7.40. The van der Waals surface area contributed by atoms with Crippen LogP contribution < -0.4 is 10.9 Å². The molecule has 3 rings (SSSR count). The van der Waals surface area contributed by atoms with Crippen LogP contribution in [0.1, 0.15) is 28.4 Å². The number of hydrogen-bond donors (Lipinski definition) is 2. The van der Waals surface area contributed by atoms with Crippen LogP contribution in [0, 0.1) is 6.92 Å². The van der Waals surface area contributed by atoms with Crippen molar-refractivity contribution in [1.29, 1.82) is 0 Å². The number of aryl methyl sites for hydroxylation is 1. The number of hydrogen-bond acceptors (Lipinski definition) is 5. The SMILES string of the molecule is Cc1cccn2c(=O)c(C(=O)NCC(C)(O)c3ccsc3)cnc12. The average Bonchev–Trinajstić information content (AvgIpc) is 3.09. The van der Waals surface area contributed by atoms with Gasteiger partial charge in [-0.25, -0.2) is 4.98 Å². The van der Waals surface area contributed by atoms with Gasteiger partial charge in [-0.15, -0.1) is 0 Å². The Labute approximate surface area is 142 Å². The fourth-order valence-electron chi connectivity index (χ4n) is 2.42. The van der Waals surface area contributed by atoms with Crippen LogP contribution in [-0.4, -0.2) is 26.9 Å². The van der Waals surface area contributed by atoms with Gasteiger partial charge in [0, 0.05) is 12.4 Å². The minimum Gasteiger partial charge on any atom is -0.384 e. The molecule has 6 nitrogen and oxygen atoms in total. The molecule has 0 saturated carbocycles. The molecule has 3 aromatic rings. The van der Waals surface area contributed by atoms with Gasteiger partial charge in [-0.2, -0.15) is 11.3 Å². The lowest BCUT2D eigenvalue weighted by Crippen LogP contribution is -2.40. The summed E-state index contributed by atoms with van der Waals surface area (Å²) in [7, 11) is 0. The fourth-order valence-corrected chi connectivity index (χ4v) is 3.21. The van der Waals surface area contributed by atoms with Crippen molar-refractivity contribution >= 4 is 22.9 Å². The van der Waals surface area contributed by atoms with Gasteiger partial charge >= 0.3 is 0 Å². The standard InChI is InChI=1S/C17H17N3O3S/c1-11-4-3-6-20-14(11)18-8-13(16(20)22)15(21)19-10-17(2,23)12-5-7-24-9-12/h3-9,23H,10H2,1-2H3,(H,19,21). The second-order valence-corrected chi connectivity index (χ2v) is 6.61. The van der Waals surface area contributed by atoms with E-state index in [0.29, 0.717) is 5.65 Å². The third-order valence-corrected chi connectivity index (χ3v) is 4.59. The Balaban J connectivity index is 1.85. The quantitative estimate of drug-likeness (QED) is 0.755. The van der Waals surface area contributed by atoms with Crippen LogP contribution in [0.5, 0.6) is 0 Å². The molecule has 0 bridgehead atoms. The molecule has 0 aliphatic heterocycles. The van der Waals surface area contributed by atoms with Crippen molar-refractivity contribution in [2.45, 2.75) is 19.4 Å². The Morgan fingerprint density at radius 3 is 2.96 bits per heavy atom. The highest BCUT2D eigenvalue weighted by Gasteiger charge is 2.25. The Morgan fingerprint density at radius 2 is 2.25 bits per heavy atom. The van der Waals surface area contributed by atoms with E-state index >= 15 is 0 Å². The summed E-state index contributed by atoms with van der Waals surface area (Å²) in [6.07, 6.45) is 2.86. The van der Waals surface area contributed by atoms with E-state index in [4.69, 9.17) is 0 Å². The summed E-state index contributed by atoms with van der Waals surface area (Å²) in [4.78, 5) is 29.0. The molecule has 1 unspecified atom stereocenters. The number of carbonyl (C=O) groups is 1. The summed E-state index contributed by atoms with van der Waals surface area (Å²) in [6, 6.07) is 5.38. The van der Waals surface area contributed by atoms with Crippen LogP contribution in [-0.2, 0) is 5.60 Å². The van der Waals surface area contributed by atoms with Crippen molar-refractivity contribution < 1.29 is 9.90 Å². The van der Waals surface area contributed by atoms with E-state index in [9.17, 15) is 14.7 Å². The van der Waals surface area contributed by atoms with Crippen LogP contribution in [0.15, 0.2) is 46.1 Å². The number of aliphatic hydroxyl groups is 1. The molecule has 7 heteroatoms. The molecule has 0 aliphatic carbocycles. The molecule has 2 N–H and O–H groups in total. The Hall–Kier alpha value is -2.51. The number of pyridine rings is 1. The number of nitrogens with one attached hydrogen (secondary N) is 1. The molecule has 0 fully saturated rings. The van der Waals surface area contributed by atoms with Gasteiger partial charge in [0.05, 0.1) is 6.54 Å². The van der Waals surface area contributed by atoms with Crippen molar-refractivity contribution in [3.8, 4) is 0 Å². The first kappa shape index (κ1) is 16.4. The number of thiophene rings is 1. The molecule has 124 valence electrons. The molecule has 0 aromatic carbocycles. The molecule has 0 spiro atoms. The van der Waals surface area contributed by atoms with Crippen LogP contribution in [0.25, 0.3) is 5.65 Å². The highest BCUT2D eigenvalue weighted by Crippen LogP contribution is 2.22. The fraction of sp³-hybridized carbons (Fsp3) is 0.235. The monoisotopic (exact) mass is 343 g/mol. The molecule has 1 amide bonds. The Bertz CT molecular complexity index is 945. The molecule has 3 aromatic heterocycles. The highest BCUT2D eigenvalue weighted by molar-refractivity contribution is 7.08. The van der Waals surface area contributed by atoms with Gasteiger partial charge in [0.25, 0.3) is 11.5 Å². The third kappa shape index (κ3) is 2.95.